The van der Waals surface area contributed by atoms with Gasteiger partial charge in [0.15, 0.2) is 11.5 Å². The van der Waals surface area contributed by atoms with Crippen molar-refractivity contribution in [1.82, 2.24) is 0 Å². The van der Waals surface area contributed by atoms with Gasteiger partial charge in [0.25, 0.3) is 6.23 Å². The minimum absolute atomic E-state index is 0.0433. The van der Waals surface area contributed by atoms with E-state index in [0.717, 1.165) is 57.7 Å². The number of aryl methyl sites for hydroxylation is 1. The first-order chi connectivity index (χ1) is 22.8. The zero-order chi connectivity index (χ0) is 32.9. The number of nitrogens with one attached hydrogen (secondary N) is 1. The van der Waals surface area contributed by atoms with E-state index >= 15 is 0 Å². The predicted octanol–water partition coefficient (Wildman–Crippen LogP) is 2.91. The number of carbonyl (C=O) groups is 1. The largest absolute Gasteiger partial charge is 0.437 e. The third-order valence-corrected chi connectivity index (χ3v) is 9.24. The molecular formula is C38H43N4O5+. The van der Waals surface area contributed by atoms with E-state index in [1.54, 1.807) is 0 Å². The summed E-state index contributed by atoms with van der Waals surface area (Å²) >= 11 is 0. The zero-order valence-corrected chi connectivity index (χ0v) is 26.8. The van der Waals surface area contributed by atoms with Crippen LogP contribution in [-0.2, 0) is 17.6 Å². The molecule has 5 atom stereocenters. The summed E-state index contributed by atoms with van der Waals surface area (Å²) in [6, 6.07) is 11.3. The van der Waals surface area contributed by atoms with E-state index in [4.69, 9.17) is 25.9 Å². The third-order valence-electron chi connectivity index (χ3n) is 9.24. The molecule has 7 N–H and O–H groups in total. The Kier molecular flexibility index (Phi) is 10.2. The van der Waals surface area contributed by atoms with Gasteiger partial charge in [0.2, 0.25) is 0 Å². The summed E-state index contributed by atoms with van der Waals surface area (Å²) in [5, 5.41) is 21.6. The van der Waals surface area contributed by atoms with Gasteiger partial charge in [0.05, 0.1) is 12.3 Å². The number of benzene rings is 2. The van der Waals surface area contributed by atoms with Crippen LogP contribution in [0.2, 0.25) is 0 Å². The summed E-state index contributed by atoms with van der Waals surface area (Å²) in [5.74, 6) is 10.2. The van der Waals surface area contributed by atoms with E-state index in [2.05, 4.69) is 37.0 Å². The maximum Gasteiger partial charge on any atom is 0.251 e. The monoisotopic (exact) mass is 635 g/mol. The number of fused-ring (bicyclic) bond motifs is 5. The molecule has 0 saturated heterocycles. The van der Waals surface area contributed by atoms with E-state index < -0.39 is 24.6 Å². The van der Waals surface area contributed by atoms with Crippen LogP contribution in [0.3, 0.4) is 0 Å². The molecular weight excluding hydrogens is 592 g/mol. The average Bonchev–Trinajstić information content (AvgIpc) is 3.65. The van der Waals surface area contributed by atoms with Crippen molar-refractivity contribution in [2.24, 2.45) is 22.4 Å². The van der Waals surface area contributed by atoms with E-state index in [9.17, 15) is 15.0 Å². The van der Waals surface area contributed by atoms with Crippen LogP contribution < -0.4 is 25.8 Å². The molecule has 0 spiro atoms. The van der Waals surface area contributed by atoms with Gasteiger partial charge in [-0.2, -0.15) is 0 Å². The Balaban J connectivity index is 1.28. The van der Waals surface area contributed by atoms with Gasteiger partial charge in [0, 0.05) is 31.1 Å². The van der Waals surface area contributed by atoms with Gasteiger partial charge in [-0.15, -0.1) is 0 Å². The number of carbonyl (C=O) groups excluding carboxylic acids is 1. The summed E-state index contributed by atoms with van der Waals surface area (Å²) < 4.78 is 12.6. The molecule has 0 fully saturated rings. The quantitative estimate of drug-likeness (QED) is 0.153. The Morgan fingerprint density at radius 3 is 2.85 bits per heavy atom. The fourth-order valence-electron chi connectivity index (χ4n) is 6.58. The van der Waals surface area contributed by atoms with Crippen LogP contribution in [0.5, 0.6) is 11.5 Å². The number of allylic oxidation sites excluding steroid dienone is 1. The Morgan fingerprint density at radius 2 is 2.02 bits per heavy atom. The van der Waals surface area contributed by atoms with Crippen LogP contribution in [0.25, 0.3) is 0 Å². The van der Waals surface area contributed by atoms with Crippen molar-refractivity contribution in [3.05, 3.63) is 81.7 Å². The fourth-order valence-corrected chi connectivity index (χ4v) is 6.58. The summed E-state index contributed by atoms with van der Waals surface area (Å²) in [6.07, 6.45) is 9.74. The fraction of sp³-hybridized carbons (Fsp3) is 0.421. The second-order valence-electron chi connectivity index (χ2n) is 12.8. The molecule has 0 aromatic heterocycles. The molecule has 4 heterocycles. The van der Waals surface area contributed by atoms with Crippen LogP contribution >= 0.6 is 0 Å². The molecule has 6 rings (SSSR count). The molecule has 244 valence electrons. The number of Topliss-reactive ketones (excluding diaryl/α,β-unsaturated/α-hetero) is 1. The SMILES string of the molecule is CCCCC[C@@H](O)CC(=O)CCc1ccc2c(c1)O[C@@H]1[C@H](C#C[C@@H](O)c3ccc(C(N)N)cc3CC3=C4C[NH+]1C=C4N=C3)CC#CO2. The van der Waals surface area contributed by atoms with E-state index in [1.165, 1.54) is 0 Å². The molecule has 9 heteroatoms. The van der Waals surface area contributed by atoms with Gasteiger partial charge in [-0.05, 0) is 59.2 Å². The number of hydrogen-bond donors (Lipinski definition) is 5. The first-order valence-corrected chi connectivity index (χ1v) is 16.6. The highest BCUT2D eigenvalue weighted by atomic mass is 16.5. The van der Waals surface area contributed by atoms with Gasteiger partial charge in [-0.25, -0.2) is 0 Å². The predicted molar refractivity (Wildman–Crippen MR) is 179 cm³/mol. The van der Waals surface area contributed by atoms with Crippen molar-refractivity contribution < 1.29 is 29.4 Å². The molecule has 2 aromatic rings. The number of ether oxygens (including phenoxy) is 2. The van der Waals surface area contributed by atoms with Crippen molar-refractivity contribution in [1.29, 1.82) is 0 Å². The Labute approximate surface area is 276 Å². The number of unbranched alkanes of at least 4 members (excludes halogenated alkanes) is 2. The molecule has 47 heavy (non-hydrogen) atoms. The van der Waals surface area contributed by atoms with Gasteiger partial charge >= 0.3 is 0 Å². The van der Waals surface area contributed by atoms with Gasteiger partial charge in [0.1, 0.15) is 42.4 Å². The molecule has 0 radical (unpaired) electrons. The normalized spacial score (nSPS) is 23.0. The van der Waals surface area contributed by atoms with Crippen LogP contribution in [0.1, 0.15) is 86.4 Å². The van der Waals surface area contributed by atoms with Crippen LogP contribution in [0.4, 0.5) is 0 Å². The number of ketones is 1. The summed E-state index contributed by atoms with van der Waals surface area (Å²) in [7, 11) is 0. The minimum atomic E-state index is -1.04. The number of aliphatic imine (C=N–C) groups is 1. The van der Waals surface area contributed by atoms with Crippen molar-refractivity contribution >= 4 is 12.0 Å². The number of quaternary nitrogens is 1. The molecule has 0 amide bonds. The molecule has 4 aliphatic rings. The number of nitrogens with zero attached hydrogens (tertiary/aromatic N) is 1. The number of aliphatic hydroxyl groups excluding tert-OH is 2. The smallest absolute Gasteiger partial charge is 0.251 e. The Morgan fingerprint density at radius 1 is 1.15 bits per heavy atom. The maximum atomic E-state index is 12.7. The number of aliphatic hydroxyl groups is 2. The first-order valence-electron chi connectivity index (χ1n) is 16.6. The number of nitrogens with two attached hydrogens (primary N) is 2. The first kappa shape index (κ1) is 32.7. The lowest BCUT2D eigenvalue weighted by Gasteiger charge is -2.28. The standard InChI is InChI=1S/C38H42N4O5/c1-2-3-4-7-29(43)20-30(44)12-8-24-9-15-35-36(17-24)47-38-25(6-5-16-46-35)11-14-34(45)31-13-10-26(37(39)40)18-27(31)19-28-21-41-33-23-42(38)22-32(28)33/h9-10,13,15,17-18,21,23,25,29,34,37-38,43,45H,2-4,6-8,12,19-20,22,39-40H2,1H3/p+1/t25-,29+,34+,38+/m0/s1. The third kappa shape index (κ3) is 7.68. The van der Waals surface area contributed by atoms with Gasteiger partial charge in [-0.3, -0.25) is 14.7 Å². The second kappa shape index (κ2) is 14.7. The molecule has 4 aliphatic heterocycles. The highest BCUT2D eigenvalue weighted by Gasteiger charge is 2.39. The van der Waals surface area contributed by atoms with E-state index in [-0.39, 0.29) is 18.1 Å². The molecule has 9 nitrogen and oxygen atoms in total. The summed E-state index contributed by atoms with van der Waals surface area (Å²) in [6.45, 7) is 2.77. The molecule has 0 aliphatic carbocycles. The number of rotatable bonds is 10. The maximum absolute atomic E-state index is 12.7. The van der Waals surface area contributed by atoms with Crippen molar-refractivity contribution in [2.45, 2.75) is 89.3 Å². The van der Waals surface area contributed by atoms with Crippen LogP contribution in [-0.4, -0.2) is 41.1 Å². The Bertz CT molecular complexity index is 1740. The topological polar surface area (TPSA) is 145 Å². The average molecular weight is 636 g/mol. The summed E-state index contributed by atoms with van der Waals surface area (Å²) in [5.41, 5.74) is 18.4. The van der Waals surface area contributed by atoms with E-state index in [0.29, 0.717) is 55.7 Å². The zero-order valence-electron chi connectivity index (χ0n) is 26.8. The van der Waals surface area contributed by atoms with Crippen molar-refractivity contribution in [3.8, 4) is 35.4 Å². The molecule has 1 unspecified atom stereocenters. The highest BCUT2D eigenvalue weighted by Crippen LogP contribution is 2.33. The lowest BCUT2D eigenvalue weighted by molar-refractivity contribution is -0.889. The molecule has 2 bridgehead atoms. The summed E-state index contributed by atoms with van der Waals surface area (Å²) in [4.78, 5) is 18.4. The van der Waals surface area contributed by atoms with Gasteiger partial charge < -0.3 is 31.2 Å². The Hall–Kier alpha value is -4.22. The lowest BCUT2D eigenvalue weighted by atomic mass is 9.92. The van der Waals surface area contributed by atoms with Crippen molar-refractivity contribution in [3.63, 3.8) is 0 Å². The molecule has 2 aromatic carbocycles. The second-order valence-corrected chi connectivity index (χ2v) is 12.8. The van der Waals surface area contributed by atoms with Crippen LogP contribution in [0, 0.1) is 29.8 Å². The highest BCUT2D eigenvalue weighted by molar-refractivity contribution is 5.87. The van der Waals surface area contributed by atoms with Gasteiger partial charge in [-0.1, -0.05) is 68.2 Å². The molecule has 0 saturated carbocycles. The van der Waals surface area contributed by atoms with Crippen LogP contribution in [0.15, 0.2) is 64.4 Å². The van der Waals surface area contributed by atoms with E-state index in [1.807, 2.05) is 42.6 Å². The minimum Gasteiger partial charge on any atom is -0.437 e. The van der Waals surface area contributed by atoms with Crippen molar-refractivity contribution in [2.75, 3.05) is 6.54 Å². The number of hydrogen-bond acceptors (Lipinski definition) is 8. The lowest BCUT2D eigenvalue weighted by Crippen LogP contribution is -3.12.